The summed E-state index contributed by atoms with van der Waals surface area (Å²) in [6.45, 7) is 6.80. The standard InChI is InChI=1S/C16H26N4O/c1-3-14(19-4-2)12-18-10-6-9-16(21)20-15-8-5-7-13(17)11-15/h5-9,11,14,18-19H,3-4,10,12,17H2,1-2H3,(H,20,21)/b9-6+. The SMILES string of the molecule is CCNC(CC)CNC/C=C/C(=O)Nc1cccc(N)c1. The maximum absolute atomic E-state index is 11.7. The molecule has 1 amide bonds. The number of rotatable bonds is 9. The first-order chi connectivity index (χ1) is 10.2. The lowest BCUT2D eigenvalue weighted by Crippen LogP contribution is -2.38. The third-order valence-electron chi connectivity index (χ3n) is 3.06. The van der Waals surface area contributed by atoms with Gasteiger partial charge in [0, 0.05) is 36.6 Å². The van der Waals surface area contributed by atoms with E-state index in [1.54, 1.807) is 12.1 Å². The van der Waals surface area contributed by atoms with Crippen LogP contribution in [0.1, 0.15) is 20.3 Å². The second-order valence-corrected chi connectivity index (χ2v) is 4.84. The number of carbonyl (C=O) groups excluding carboxylic acids is 1. The van der Waals surface area contributed by atoms with Gasteiger partial charge in [0.25, 0.3) is 0 Å². The minimum absolute atomic E-state index is 0.152. The molecule has 0 heterocycles. The van der Waals surface area contributed by atoms with E-state index in [4.69, 9.17) is 5.73 Å². The van der Waals surface area contributed by atoms with Gasteiger partial charge < -0.3 is 21.7 Å². The lowest BCUT2D eigenvalue weighted by Gasteiger charge is -2.15. The van der Waals surface area contributed by atoms with Crippen LogP contribution in [-0.4, -0.2) is 31.6 Å². The van der Waals surface area contributed by atoms with Gasteiger partial charge in [-0.25, -0.2) is 0 Å². The van der Waals surface area contributed by atoms with Crippen LogP contribution in [-0.2, 0) is 4.79 Å². The fraction of sp³-hybridized carbons (Fsp3) is 0.438. The fourth-order valence-electron chi connectivity index (χ4n) is 1.96. The Labute approximate surface area is 127 Å². The van der Waals surface area contributed by atoms with Gasteiger partial charge in [-0.3, -0.25) is 4.79 Å². The summed E-state index contributed by atoms with van der Waals surface area (Å²) in [6.07, 6.45) is 4.44. The Morgan fingerprint density at radius 3 is 2.86 bits per heavy atom. The molecule has 1 unspecified atom stereocenters. The molecule has 5 heteroatoms. The van der Waals surface area contributed by atoms with E-state index in [1.165, 1.54) is 6.08 Å². The average Bonchev–Trinajstić information content (AvgIpc) is 2.45. The molecule has 1 atom stereocenters. The Morgan fingerprint density at radius 1 is 1.38 bits per heavy atom. The smallest absolute Gasteiger partial charge is 0.248 e. The van der Waals surface area contributed by atoms with Crippen molar-refractivity contribution >= 4 is 17.3 Å². The van der Waals surface area contributed by atoms with E-state index in [-0.39, 0.29) is 5.91 Å². The zero-order valence-electron chi connectivity index (χ0n) is 12.9. The molecule has 0 aliphatic carbocycles. The minimum Gasteiger partial charge on any atom is -0.399 e. The van der Waals surface area contributed by atoms with Gasteiger partial charge in [-0.2, -0.15) is 0 Å². The zero-order valence-corrected chi connectivity index (χ0v) is 12.9. The Kier molecular flexibility index (Phi) is 8.16. The molecular weight excluding hydrogens is 264 g/mol. The van der Waals surface area contributed by atoms with Crippen LogP contribution in [0.3, 0.4) is 0 Å². The Balaban J connectivity index is 2.25. The highest BCUT2D eigenvalue weighted by molar-refractivity contribution is 5.99. The van der Waals surface area contributed by atoms with Crippen LogP contribution in [0.25, 0.3) is 0 Å². The van der Waals surface area contributed by atoms with E-state index < -0.39 is 0 Å². The van der Waals surface area contributed by atoms with Gasteiger partial charge in [0.2, 0.25) is 5.91 Å². The monoisotopic (exact) mass is 290 g/mol. The lowest BCUT2D eigenvalue weighted by atomic mass is 10.2. The minimum atomic E-state index is -0.152. The van der Waals surface area contributed by atoms with Gasteiger partial charge in [-0.15, -0.1) is 0 Å². The molecule has 1 aromatic carbocycles. The third kappa shape index (κ3) is 7.48. The van der Waals surface area contributed by atoms with Crippen LogP contribution in [0.5, 0.6) is 0 Å². The van der Waals surface area contributed by atoms with Crippen molar-refractivity contribution in [2.45, 2.75) is 26.3 Å². The molecule has 0 saturated carbocycles. The first-order valence-electron chi connectivity index (χ1n) is 7.42. The van der Waals surface area contributed by atoms with Gasteiger partial charge in [0.05, 0.1) is 0 Å². The van der Waals surface area contributed by atoms with Gasteiger partial charge in [0.15, 0.2) is 0 Å². The van der Waals surface area contributed by atoms with E-state index in [9.17, 15) is 4.79 Å². The number of nitrogen functional groups attached to an aromatic ring is 1. The highest BCUT2D eigenvalue weighted by Crippen LogP contribution is 2.11. The Morgan fingerprint density at radius 2 is 2.19 bits per heavy atom. The molecule has 5 N–H and O–H groups in total. The average molecular weight is 290 g/mol. The second kappa shape index (κ2) is 9.96. The van der Waals surface area contributed by atoms with E-state index in [2.05, 4.69) is 29.8 Å². The van der Waals surface area contributed by atoms with Crippen molar-refractivity contribution < 1.29 is 4.79 Å². The summed E-state index contributed by atoms with van der Waals surface area (Å²) in [5.74, 6) is -0.152. The quantitative estimate of drug-likeness (QED) is 0.317. The Hall–Kier alpha value is -1.85. The highest BCUT2D eigenvalue weighted by Gasteiger charge is 2.02. The molecule has 0 fully saturated rings. The molecule has 0 radical (unpaired) electrons. The molecule has 21 heavy (non-hydrogen) atoms. The number of hydrogen-bond acceptors (Lipinski definition) is 4. The van der Waals surface area contributed by atoms with Crippen LogP contribution in [0.4, 0.5) is 11.4 Å². The van der Waals surface area contributed by atoms with Crippen molar-refractivity contribution in [2.24, 2.45) is 0 Å². The topological polar surface area (TPSA) is 79.2 Å². The summed E-state index contributed by atoms with van der Waals surface area (Å²) >= 11 is 0. The molecule has 0 saturated heterocycles. The van der Waals surface area contributed by atoms with Crippen LogP contribution in [0.2, 0.25) is 0 Å². The largest absolute Gasteiger partial charge is 0.399 e. The highest BCUT2D eigenvalue weighted by atomic mass is 16.1. The maximum Gasteiger partial charge on any atom is 0.248 e. The third-order valence-corrected chi connectivity index (χ3v) is 3.06. The van der Waals surface area contributed by atoms with Crippen LogP contribution < -0.4 is 21.7 Å². The van der Waals surface area contributed by atoms with E-state index in [0.29, 0.717) is 24.0 Å². The van der Waals surface area contributed by atoms with Crippen molar-refractivity contribution in [3.05, 3.63) is 36.4 Å². The number of nitrogens with two attached hydrogens (primary N) is 1. The molecule has 1 aromatic rings. The van der Waals surface area contributed by atoms with Crippen LogP contribution in [0.15, 0.2) is 36.4 Å². The summed E-state index contributed by atoms with van der Waals surface area (Å²) in [4.78, 5) is 11.7. The van der Waals surface area contributed by atoms with Crippen molar-refractivity contribution in [1.82, 2.24) is 10.6 Å². The molecule has 1 rings (SSSR count). The summed E-state index contributed by atoms with van der Waals surface area (Å²) < 4.78 is 0. The second-order valence-electron chi connectivity index (χ2n) is 4.84. The zero-order chi connectivity index (χ0) is 15.5. The van der Waals surface area contributed by atoms with Crippen LogP contribution in [0, 0.1) is 0 Å². The summed E-state index contributed by atoms with van der Waals surface area (Å²) in [5.41, 5.74) is 6.99. The fourth-order valence-corrected chi connectivity index (χ4v) is 1.96. The molecule has 5 nitrogen and oxygen atoms in total. The van der Waals surface area contributed by atoms with Crippen LogP contribution >= 0.6 is 0 Å². The van der Waals surface area contributed by atoms with Crippen molar-refractivity contribution in [1.29, 1.82) is 0 Å². The number of benzene rings is 1. The maximum atomic E-state index is 11.7. The molecule has 0 spiro atoms. The summed E-state index contributed by atoms with van der Waals surface area (Å²) in [6, 6.07) is 7.60. The normalized spacial score (nSPS) is 12.5. The number of carbonyl (C=O) groups is 1. The first-order valence-corrected chi connectivity index (χ1v) is 7.42. The predicted molar refractivity (Wildman–Crippen MR) is 89.2 cm³/mol. The molecule has 0 bridgehead atoms. The van der Waals surface area contributed by atoms with Crippen molar-refractivity contribution in [3.63, 3.8) is 0 Å². The Bertz CT molecular complexity index is 459. The predicted octanol–water partition coefficient (Wildman–Crippen LogP) is 1.74. The number of anilines is 2. The summed E-state index contributed by atoms with van der Waals surface area (Å²) in [7, 11) is 0. The number of amides is 1. The van der Waals surface area contributed by atoms with E-state index >= 15 is 0 Å². The first kappa shape index (κ1) is 17.2. The van der Waals surface area contributed by atoms with Crippen molar-refractivity contribution in [2.75, 3.05) is 30.7 Å². The van der Waals surface area contributed by atoms with E-state index in [0.717, 1.165) is 19.5 Å². The molecule has 0 aliphatic heterocycles. The molecule has 0 aliphatic rings. The number of nitrogens with one attached hydrogen (secondary N) is 3. The van der Waals surface area contributed by atoms with Gasteiger partial charge in [0.1, 0.15) is 0 Å². The summed E-state index contributed by atoms with van der Waals surface area (Å²) in [5, 5.41) is 9.46. The van der Waals surface area contributed by atoms with Gasteiger partial charge >= 0.3 is 0 Å². The molecular formula is C16H26N4O. The lowest BCUT2D eigenvalue weighted by molar-refractivity contribution is -0.111. The number of likely N-dealkylation sites (N-methyl/N-ethyl adjacent to an activating group) is 1. The van der Waals surface area contributed by atoms with Gasteiger partial charge in [-0.05, 0) is 31.2 Å². The van der Waals surface area contributed by atoms with Gasteiger partial charge in [-0.1, -0.05) is 26.0 Å². The number of hydrogen-bond donors (Lipinski definition) is 4. The molecule has 0 aromatic heterocycles. The van der Waals surface area contributed by atoms with E-state index in [1.807, 2.05) is 18.2 Å². The van der Waals surface area contributed by atoms with Crippen molar-refractivity contribution in [3.8, 4) is 0 Å². The molecule has 116 valence electrons.